The third kappa shape index (κ3) is 4.81. The van der Waals surface area contributed by atoms with Crippen molar-refractivity contribution in [3.63, 3.8) is 0 Å². The Hall–Kier alpha value is -0.970. The van der Waals surface area contributed by atoms with E-state index in [-0.39, 0.29) is 5.41 Å². The maximum absolute atomic E-state index is 4.25. The van der Waals surface area contributed by atoms with Gasteiger partial charge in [0.2, 0.25) is 0 Å². The monoisotopic (exact) mass is 239 g/mol. The summed E-state index contributed by atoms with van der Waals surface area (Å²) in [6, 6.07) is 0. The molecule has 0 aliphatic heterocycles. The molecule has 0 saturated carbocycles. The normalized spacial score (nSPS) is 15.2. The van der Waals surface area contributed by atoms with Crippen LogP contribution in [0.3, 0.4) is 0 Å². The number of nitrogens with zero attached hydrogens (tertiary/aromatic N) is 4. The van der Waals surface area contributed by atoms with Gasteiger partial charge in [0.25, 0.3) is 0 Å². The fourth-order valence-electron chi connectivity index (χ4n) is 1.75. The van der Waals surface area contributed by atoms with Crippen LogP contribution < -0.4 is 5.32 Å². The summed E-state index contributed by atoms with van der Waals surface area (Å²) in [5.41, 5.74) is 0.206. The van der Waals surface area contributed by atoms with E-state index in [2.05, 4.69) is 48.4 Å². The van der Waals surface area contributed by atoms with Crippen molar-refractivity contribution < 1.29 is 0 Å². The Morgan fingerprint density at radius 3 is 2.59 bits per heavy atom. The largest absolute Gasteiger partial charge is 0.316 e. The zero-order valence-electron chi connectivity index (χ0n) is 11.7. The first-order valence-corrected chi connectivity index (χ1v) is 6.39. The van der Waals surface area contributed by atoms with Crippen LogP contribution in [0.5, 0.6) is 0 Å². The first kappa shape index (κ1) is 14.1. The molecule has 0 aliphatic carbocycles. The standard InChI is InChI=1S/C12H25N5/c1-6-12(4,9-13-8-10(2)3)7-11-14-16-17(5)15-11/h10,13H,6-9H2,1-5H3. The quantitative estimate of drug-likeness (QED) is 0.781. The van der Waals surface area contributed by atoms with Crippen molar-refractivity contribution in [2.24, 2.45) is 18.4 Å². The number of rotatable bonds is 7. The smallest absolute Gasteiger partial charge is 0.175 e. The number of aromatic nitrogens is 4. The lowest BCUT2D eigenvalue weighted by atomic mass is 9.83. The SMILES string of the molecule is CCC(C)(CNCC(C)C)Cc1nnn(C)n1. The van der Waals surface area contributed by atoms with Crippen LogP contribution in [-0.2, 0) is 13.5 Å². The van der Waals surface area contributed by atoms with E-state index < -0.39 is 0 Å². The summed E-state index contributed by atoms with van der Waals surface area (Å²) in [6.07, 6.45) is 1.98. The van der Waals surface area contributed by atoms with Gasteiger partial charge >= 0.3 is 0 Å². The Balaban J connectivity index is 2.50. The summed E-state index contributed by atoms with van der Waals surface area (Å²) in [7, 11) is 1.80. The van der Waals surface area contributed by atoms with Crippen LogP contribution in [0.4, 0.5) is 0 Å². The van der Waals surface area contributed by atoms with Crippen LogP contribution in [-0.4, -0.2) is 33.3 Å². The number of hydrogen-bond donors (Lipinski definition) is 1. The van der Waals surface area contributed by atoms with Gasteiger partial charge in [0.15, 0.2) is 5.82 Å². The predicted octanol–water partition coefficient (Wildman–Crippen LogP) is 1.41. The Morgan fingerprint density at radius 2 is 2.12 bits per heavy atom. The molecule has 1 N–H and O–H groups in total. The molecule has 0 spiro atoms. The lowest BCUT2D eigenvalue weighted by molar-refractivity contribution is 0.279. The molecule has 0 aromatic carbocycles. The number of nitrogens with one attached hydrogen (secondary N) is 1. The second-order valence-corrected chi connectivity index (χ2v) is 5.56. The average molecular weight is 239 g/mol. The number of aryl methyl sites for hydroxylation is 1. The van der Waals surface area contributed by atoms with Gasteiger partial charge in [0.1, 0.15) is 0 Å². The highest BCUT2D eigenvalue weighted by Crippen LogP contribution is 2.24. The van der Waals surface area contributed by atoms with Gasteiger partial charge < -0.3 is 5.32 Å². The molecule has 1 heterocycles. The van der Waals surface area contributed by atoms with Crippen LogP contribution in [0.15, 0.2) is 0 Å². The predicted molar refractivity (Wildman–Crippen MR) is 68.6 cm³/mol. The topological polar surface area (TPSA) is 55.6 Å². The minimum absolute atomic E-state index is 0.206. The summed E-state index contributed by atoms with van der Waals surface area (Å²) < 4.78 is 0. The van der Waals surface area contributed by atoms with Crippen LogP contribution in [0.2, 0.25) is 0 Å². The van der Waals surface area contributed by atoms with Crippen LogP contribution in [0, 0.1) is 11.3 Å². The second-order valence-electron chi connectivity index (χ2n) is 5.56. The highest BCUT2D eigenvalue weighted by atomic mass is 15.6. The minimum Gasteiger partial charge on any atom is -0.316 e. The highest BCUT2D eigenvalue weighted by Gasteiger charge is 2.24. The van der Waals surface area contributed by atoms with Gasteiger partial charge in [-0.3, -0.25) is 0 Å². The van der Waals surface area contributed by atoms with E-state index in [9.17, 15) is 0 Å². The molecule has 0 aliphatic rings. The fourth-order valence-corrected chi connectivity index (χ4v) is 1.75. The summed E-state index contributed by atoms with van der Waals surface area (Å²) >= 11 is 0. The van der Waals surface area contributed by atoms with E-state index in [0.29, 0.717) is 5.92 Å². The Bertz CT molecular complexity index is 333. The van der Waals surface area contributed by atoms with Gasteiger partial charge in [-0.25, -0.2) is 0 Å². The van der Waals surface area contributed by atoms with Crippen molar-refractivity contribution in [3.05, 3.63) is 5.82 Å². The molecule has 0 fully saturated rings. The van der Waals surface area contributed by atoms with Gasteiger partial charge in [0.05, 0.1) is 7.05 Å². The average Bonchev–Trinajstić information content (AvgIpc) is 2.63. The number of hydrogen-bond acceptors (Lipinski definition) is 4. The molecule has 0 radical (unpaired) electrons. The van der Waals surface area contributed by atoms with Crippen molar-refractivity contribution >= 4 is 0 Å². The van der Waals surface area contributed by atoms with E-state index in [1.54, 1.807) is 7.05 Å². The molecular weight excluding hydrogens is 214 g/mol. The van der Waals surface area contributed by atoms with Crippen molar-refractivity contribution in [2.45, 2.75) is 40.5 Å². The first-order valence-electron chi connectivity index (χ1n) is 6.39. The maximum atomic E-state index is 4.25. The van der Waals surface area contributed by atoms with Gasteiger partial charge in [-0.2, -0.15) is 4.80 Å². The lowest BCUT2D eigenvalue weighted by Gasteiger charge is -2.27. The van der Waals surface area contributed by atoms with Crippen LogP contribution in [0.25, 0.3) is 0 Å². The third-order valence-corrected chi connectivity index (χ3v) is 3.09. The maximum Gasteiger partial charge on any atom is 0.175 e. The molecule has 0 amide bonds. The van der Waals surface area contributed by atoms with E-state index in [1.807, 2.05) is 0 Å². The molecule has 1 aromatic rings. The molecule has 5 nitrogen and oxygen atoms in total. The van der Waals surface area contributed by atoms with Gasteiger partial charge in [-0.15, -0.1) is 10.2 Å². The van der Waals surface area contributed by atoms with Gasteiger partial charge in [-0.1, -0.05) is 27.7 Å². The van der Waals surface area contributed by atoms with Crippen molar-refractivity contribution in [1.82, 2.24) is 25.5 Å². The van der Waals surface area contributed by atoms with E-state index in [1.165, 1.54) is 4.80 Å². The highest BCUT2D eigenvalue weighted by molar-refractivity contribution is 4.89. The Kier molecular flexibility index (Phi) is 5.05. The molecule has 98 valence electrons. The zero-order chi connectivity index (χ0) is 12.9. The lowest BCUT2D eigenvalue weighted by Crippen LogP contribution is -2.35. The zero-order valence-corrected chi connectivity index (χ0v) is 11.7. The molecule has 1 aromatic heterocycles. The molecule has 1 atom stereocenters. The van der Waals surface area contributed by atoms with E-state index in [0.717, 1.165) is 31.8 Å². The van der Waals surface area contributed by atoms with Crippen LogP contribution in [0.1, 0.15) is 39.9 Å². The summed E-state index contributed by atoms with van der Waals surface area (Å²) in [5.74, 6) is 1.52. The molecular formula is C12H25N5. The molecule has 1 unspecified atom stereocenters. The van der Waals surface area contributed by atoms with E-state index >= 15 is 0 Å². The summed E-state index contributed by atoms with van der Waals surface area (Å²) in [4.78, 5) is 1.52. The van der Waals surface area contributed by atoms with Crippen molar-refractivity contribution in [2.75, 3.05) is 13.1 Å². The molecule has 0 bridgehead atoms. The molecule has 17 heavy (non-hydrogen) atoms. The Labute approximate surface area is 104 Å². The van der Waals surface area contributed by atoms with Crippen LogP contribution >= 0.6 is 0 Å². The Morgan fingerprint density at radius 1 is 1.41 bits per heavy atom. The van der Waals surface area contributed by atoms with Crippen molar-refractivity contribution in [1.29, 1.82) is 0 Å². The first-order chi connectivity index (χ1) is 7.95. The fraction of sp³-hybridized carbons (Fsp3) is 0.917. The van der Waals surface area contributed by atoms with E-state index in [4.69, 9.17) is 0 Å². The number of tetrazole rings is 1. The third-order valence-electron chi connectivity index (χ3n) is 3.09. The van der Waals surface area contributed by atoms with Crippen molar-refractivity contribution in [3.8, 4) is 0 Å². The summed E-state index contributed by atoms with van der Waals surface area (Å²) in [6.45, 7) is 11.0. The summed E-state index contributed by atoms with van der Waals surface area (Å²) in [5, 5.41) is 15.7. The molecule has 0 saturated heterocycles. The van der Waals surface area contributed by atoms with Gasteiger partial charge in [-0.05, 0) is 29.5 Å². The molecule has 5 heteroatoms. The van der Waals surface area contributed by atoms with Gasteiger partial charge in [0, 0.05) is 13.0 Å². The minimum atomic E-state index is 0.206. The molecule has 1 rings (SSSR count). The second kappa shape index (κ2) is 6.10.